The van der Waals surface area contributed by atoms with Crippen molar-refractivity contribution in [2.45, 2.75) is 13.8 Å². The zero-order chi connectivity index (χ0) is 15.4. The minimum Gasteiger partial charge on any atom is -0.505 e. The first-order valence-corrected chi connectivity index (χ1v) is 6.59. The average molecular weight is 287 g/mol. The summed E-state index contributed by atoms with van der Waals surface area (Å²) < 4.78 is 10.2. The monoisotopic (exact) mass is 287 g/mol. The Kier molecular flexibility index (Phi) is 4.42. The second kappa shape index (κ2) is 6.26. The van der Waals surface area contributed by atoms with Crippen molar-refractivity contribution in [1.82, 2.24) is 0 Å². The van der Waals surface area contributed by atoms with Gasteiger partial charge in [-0.1, -0.05) is 18.2 Å². The van der Waals surface area contributed by atoms with Crippen LogP contribution in [-0.4, -0.2) is 30.5 Å². The highest BCUT2D eigenvalue weighted by Gasteiger charge is 2.27. The molecule has 0 aliphatic carbocycles. The first kappa shape index (κ1) is 14.8. The number of nitrogens with zero attached hydrogens (tertiary/aromatic N) is 1. The van der Waals surface area contributed by atoms with Crippen LogP contribution in [0.2, 0.25) is 0 Å². The normalized spacial score (nSPS) is 16.1. The molecule has 110 valence electrons. The number of aliphatic hydroxyl groups excluding tert-OH is 1. The van der Waals surface area contributed by atoms with Gasteiger partial charge in [-0.25, -0.2) is 9.79 Å². The summed E-state index contributed by atoms with van der Waals surface area (Å²) in [5.74, 6) is -0.0828. The van der Waals surface area contributed by atoms with Crippen LogP contribution in [0, 0.1) is 0 Å². The maximum atomic E-state index is 11.6. The third-order valence-corrected chi connectivity index (χ3v) is 3.03. The molecular weight excluding hydrogens is 270 g/mol. The molecule has 0 fully saturated rings. The Labute approximate surface area is 123 Å². The van der Waals surface area contributed by atoms with Crippen molar-refractivity contribution in [2.24, 2.45) is 4.99 Å². The van der Waals surface area contributed by atoms with E-state index in [1.54, 1.807) is 13.0 Å². The molecule has 0 aromatic heterocycles. The van der Waals surface area contributed by atoms with E-state index < -0.39 is 5.97 Å². The number of ether oxygens (including phenoxy) is 2. The average Bonchev–Trinajstić information content (AvgIpc) is 2.75. The molecule has 1 heterocycles. The summed E-state index contributed by atoms with van der Waals surface area (Å²) in [7, 11) is 1.27. The maximum absolute atomic E-state index is 11.6. The van der Waals surface area contributed by atoms with E-state index in [-0.39, 0.29) is 11.3 Å². The molecule has 0 radical (unpaired) electrons. The van der Waals surface area contributed by atoms with Crippen LogP contribution in [0.1, 0.15) is 19.4 Å². The quantitative estimate of drug-likeness (QED) is 0.865. The van der Waals surface area contributed by atoms with Gasteiger partial charge in [0, 0.05) is 5.56 Å². The minimum absolute atomic E-state index is 0.0950. The van der Waals surface area contributed by atoms with Gasteiger partial charge in [0.25, 0.3) is 0 Å². The summed E-state index contributed by atoms with van der Waals surface area (Å²) >= 11 is 0. The van der Waals surface area contributed by atoms with Crippen molar-refractivity contribution in [3.05, 3.63) is 46.9 Å². The minimum atomic E-state index is -0.602. The molecule has 1 aliphatic rings. The molecule has 0 spiro atoms. The number of aliphatic imine (C=N–C) groups is 1. The molecule has 0 amide bonds. The van der Waals surface area contributed by atoms with Crippen LogP contribution < -0.4 is 4.74 Å². The predicted octanol–water partition coefficient (Wildman–Crippen LogP) is 2.89. The van der Waals surface area contributed by atoms with Gasteiger partial charge >= 0.3 is 5.97 Å². The number of aliphatic hydroxyl groups is 1. The lowest BCUT2D eigenvalue weighted by Gasteiger charge is -2.07. The van der Waals surface area contributed by atoms with Gasteiger partial charge in [-0.05, 0) is 26.0 Å². The molecule has 5 heteroatoms. The summed E-state index contributed by atoms with van der Waals surface area (Å²) in [5.41, 5.74) is 1.63. The van der Waals surface area contributed by atoms with Gasteiger partial charge in [0.2, 0.25) is 0 Å². The first-order valence-electron chi connectivity index (χ1n) is 6.59. The largest absolute Gasteiger partial charge is 0.505 e. The van der Waals surface area contributed by atoms with E-state index in [9.17, 15) is 9.90 Å². The van der Waals surface area contributed by atoms with Crippen molar-refractivity contribution in [2.75, 3.05) is 13.7 Å². The Morgan fingerprint density at radius 3 is 2.76 bits per heavy atom. The lowest BCUT2D eigenvalue weighted by molar-refractivity contribution is -0.135. The van der Waals surface area contributed by atoms with Crippen molar-refractivity contribution >= 4 is 17.8 Å². The second-order valence-corrected chi connectivity index (χ2v) is 4.41. The zero-order valence-corrected chi connectivity index (χ0v) is 12.2. The smallest absolute Gasteiger partial charge is 0.343 e. The van der Waals surface area contributed by atoms with Crippen molar-refractivity contribution in [3.8, 4) is 5.75 Å². The molecule has 5 nitrogen and oxygen atoms in total. The Morgan fingerprint density at radius 2 is 2.10 bits per heavy atom. The van der Waals surface area contributed by atoms with Crippen LogP contribution >= 0.6 is 0 Å². The van der Waals surface area contributed by atoms with Crippen LogP contribution in [0.3, 0.4) is 0 Å². The third-order valence-electron chi connectivity index (χ3n) is 3.03. The van der Waals surface area contributed by atoms with Crippen LogP contribution in [0.25, 0.3) is 6.08 Å². The van der Waals surface area contributed by atoms with E-state index in [0.29, 0.717) is 23.8 Å². The first-order chi connectivity index (χ1) is 10.1. The van der Waals surface area contributed by atoms with Crippen LogP contribution in [-0.2, 0) is 9.53 Å². The van der Waals surface area contributed by atoms with Crippen molar-refractivity contribution in [3.63, 3.8) is 0 Å². The Morgan fingerprint density at radius 1 is 1.38 bits per heavy atom. The molecule has 0 saturated heterocycles. The Balaban J connectivity index is 2.44. The Bertz CT molecular complexity index is 656. The van der Waals surface area contributed by atoms with Crippen molar-refractivity contribution < 1.29 is 19.4 Å². The summed E-state index contributed by atoms with van der Waals surface area (Å²) in [5, 5.41) is 10.2. The predicted molar refractivity (Wildman–Crippen MR) is 80.4 cm³/mol. The van der Waals surface area contributed by atoms with E-state index >= 15 is 0 Å². The number of esters is 1. The lowest BCUT2D eigenvalue weighted by Crippen LogP contribution is -2.11. The highest BCUT2D eigenvalue weighted by atomic mass is 16.5. The lowest BCUT2D eigenvalue weighted by atomic mass is 10.1. The molecule has 0 atom stereocenters. The maximum Gasteiger partial charge on any atom is 0.343 e. The number of carbonyl (C=O) groups is 1. The molecular formula is C16H17NO4. The highest BCUT2D eigenvalue weighted by molar-refractivity contribution is 6.22. The molecule has 21 heavy (non-hydrogen) atoms. The van der Waals surface area contributed by atoms with Gasteiger partial charge in [0.15, 0.2) is 5.76 Å². The molecule has 1 N–H and O–H groups in total. The van der Waals surface area contributed by atoms with E-state index in [0.717, 1.165) is 5.56 Å². The highest BCUT2D eigenvalue weighted by Crippen LogP contribution is 2.29. The van der Waals surface area contributed by atoms with Gasteiger partial charge in [-0.3, -0.25) is 0 Å². The third kappa shape index (κ3) is 2.97. The van der Waals surface area contributed by atoms with E-state index in [4.69, 9.17) is 4.74 Å². The Hall–Kier alpha value is -2.56. The molecule has 2 rings (SSSR count). The van der Waals surface area contributed by atoms with Crippen LogP contribution in [0.4, 0.5) is 0 Å². The van der Waals surface area contributed by atoms with Gasteiger partial charge in [0.1, 0.15) is 17.0 Å². The molecule has 0 bridgehead atoms. The van der Waals surface area contributed by atoms with Crippen LogP contribution in [0.15, 0.2) is 46.3 Å². The second-order valence-electron chi connectivity index (χ2n) is 4.41. The number of hydrogen-bond acceptors (Lipinski definition) is 5. The van der Waals surface area contributed by atoms with Gasteiger partial charge < -0.3 is 14.6 Å². The standard InChI is InChI=1S/C16H17NO4/c1-4-21-13-8-6-5-7-11(13)9-12-15(18)14(10(2)17-12)16(19)20-3/h5-9,18H,4H2,1-3H3/b12-9+. The number of para-hydroxylation sites is 1. The van der Waals surface area contributed by atoms with E-state index in [1.165, 1.54) is 7.11 Å². The molecule has 0 unspecified atom stereocenters. The van der Waals surface area contributed by atoms with Gasteiger partial charge in [-0.15, -0.1) is 0 Å². The summed E-state index contributed by atoms with van der Waals surface area (Å²) in [6, 6.07) is 7.42. The summed E-state index contributed by atoms with van der Waals surface area (Å²) in [6.07, 6.45) is 1.68. The van der Waals surface area contributed by atoms with Crippen LogP contribution in [0.5, 0.6) is 5.75 Å². The molecule has 1 aromatic carbocycles. The number of rotatable bonds is 4. The fraction of sp³-hybridized carbons (Fsp3) is 0.250. The fourth-order valence-corrected chi connectivity index (χ4v) is 2.07. The van der Waals surface area contributed by atoms with E-state index in [2.05, 4.69) is 9.73 Å². The number of methoxy groups -OCH3 is 1. The summed E-state index contributed by atoms with van der Waals surface area (Å²) in [4.78, 5) is 15.8. The fourth-order valence-electron chi connectivity index (χ4n) is 2.07. The molecule has 0 saturated carbocycles. The number of carbonyl (C=O) groups excluding carboxylic acids is 1. The van der Waals surface area contributed by atoms with Gasteiger partial charge in [0.05, 0.1) is 19.4 Å². The van der Waals surface area contributed by atoms with Crippen molar-refractivity contribution in [1.29, 1.82) is 0 Å². The zero-order valence-electron chi connectivity index (χ0n) is 12.2. The molecule has 1 aromatic rings. The number of hydrogen-bond donors (Lipinski definition) is 1. The van der Waals surface area contributed by atoms with Gasteiger partial charge in [-0.2, -0.15) is 0 Å². The number of benzene rings is 1. The SMILES string of the molecule is CCOc1ccccc1/C=C1/N=C(C)C(C(=O)OC)=C1O. The van der Waals surface area contributed by atoms with E-state index in [1.807, 2.05) is 31.2 Å². The topological polar surface area (TPSA) is 68.1 Å². The molecule has 1 aliphatic heterocycles. The summed E-state index contributed by atoms with van der Waals surface area (Å²) in [6.45, 7) is 4.09.